The summed E-state index contributed by atoms with van der Waals surface area (Å²) < 4.78 is 63.8. The molecule has 1 aliphatic rings. The zero-order valence-corrected chi connectivity index (χ0v) is 12.3. The van der Waals surface area contributed by atoms with E-state index in [2.05, 4.69) is 15.5 Å². The molecule has 1 aliphatic heterocycles. The van der Waals surface area contributed by atoms with E-state index in [9.17, 15) is 21.6 Å². The van der Waals surface area contributed by atoms with Crippen LogP contribution in [0.4, 0.5) is 13.2 Å². The Bertz CT molecular complexity index is 577. The summed E-state index contributed by atoms with van der Waals surface area (Å²) in [5, 5.41) is 8.90. The van der Waals surface area contributed by atoms with Gasteiger partial charge in [-0.3, -0.25) is 5.10 Å². The van der Waals surface area contributed by atoms with Gasteiger partial charge in [0.1, 0.15) is 0 Å². The van der Waals surface area contributed by atoms with Crippen molar-refractivity contribution in [2.75, 3.05) is 20.1 Å². The van der Waals surface area contributed by atoms with Gasteiger partial charge in [-0.15, -0.1) is 0 Å². The Morgan fingerprint density at radius 3 is 2.57 bits per heavy atom. The molecule has 120 valence electrons. The first-order valence-electron chi connectivity index (χ1n) is 6.50. The summed E-state index contributed by atoms with van der Waals surface area (Å²) in [5.74, 6) is -1.43. The van der Waals surface area contributed by atoms with Crippen LogP contribution in [0.25, 0.3) is 0 Å². The SMILES string of the molecule is CNCc1cn[nH]c1S(=O)(=O)N1CCC(C(F)(F)F)CC1. The minimum Gasteiger partial charge on any atom is -0.316 e. The number of aromatic nitrogens is 2. The number of nitrogens with zero attached hydrogens (tertiary/aromatic N) is 2. The number of aromatic amines is 1. The molecule has 2 rings (SSSR count). The van der Waals surface area contributed by atoms with Crippen LogP contribution >= 0.6 is 0 Å². The smallest absolute Gasteiger partial charge is 0.316 e. The molecule has 0 saturated carbocycles. The fourth-order valence-corrected chi connectivity index (χ4v) is 3.97. The lowest BCUT2D eigenvalue weighted by Gasteiger charge is -2.31. The lowest BCUT2D eigenvalue weighted by molar-refractivity contribution is -0.182. The molecule has 0 spiro atoms. The van der Waals surface area contributed by atoms with Gasteiger partial charge in [0.2, 0.25) is 0 Å². The van der Waals surface area contributed by atoms with Crippen molar-refractivity contribution in [1.82, 2.24) is 19.8 Å². The average Bonchev–Trinajstić information content (AvgIpc) is 2.87. The number of hydrogen-bond donors (Lipinski definition) is 2. The normalized spacial score (nSPS) is 19.0. The predicted octanol–water partition coefficient (Wildman–Crippen LogP) is 1.09. The average molecular weight is 326 g/mol. The van der Waals surface area contributed by atoms with Crippen molar-refractivity contribution in [1.29, 1.82) is 0 Å². The second kappa shape index (κ2) is 5.93. The number of alkyl halides is 3. The van der Waals surface area contributed by atoms with E-state index in [0.29, 0.717) is 12.1 Å². The summed E-state index contributed by atoms with van der Waals surface area (Å²) >= 11 is 0. The molecule has 0 atom stereocenters. The Morgan fingerprint density at radius 1 is 1.43 bits per heavy atom. The molecule has 2 N–H and O–H groups in total. The highest BCUT2D eigenvalue weighted by Gasteiger charge is 2.43. The fourth-order valence-electron chi connectivity index (χ4n) is 2.39. The number of piperidine rings is 1. The molecule has 1 aromatic heterocycles. The first kappa shape index (κ1) is 16.2. The van der Waals surface area contributed by atoms with E-state index in [-0.39, 0.29) is 31.0 Å². The van der Waals surface area contributed by atoms with Crippen LogP contribution < -0.4 is 5.32 Å². The van der Waals surface area contributed by atoms with Gasteiger partial charge in [0, 0.05) is 25.2 Å². The third-order valence-corrected chi connectivity index (χ3v) is 5.47. The molecule has 0 aliphatic carbocycles. The van der Waals surface area contributed by atoms with E-state index in [4.69, 9.17) is 0 Å². The molecule has 1 fully saturated rings. The maximum absolute atomic E-state index is 12.6. The summed E-state index contributed by atoms with van der Waals surface area (Å²) in [6.07, 6.45) is -3.29. The number of hydrogen-bond acceptors (Lipinski definition) is 4. The highest BCUT2D eigenvalue weighted by molar-refractivity contribution is 7.89. The zero-order valence-electron chi connectivity index (χ0n) is 11.4. The molecule has 0 bridgehead atoms. The van der Waals surface area contributed by atoms with E-state index in [0.717, 1.165) is 4.31 Å². The molecule has 1 aromatic rings. The molecule has 10 heteroatoms. The van der Waals surface area contributed by atoms with E-state index in [1.54, 1.807) is 7.05 Å². The summed E-state index contributed by atoms with van der Waals surface area (Å²) in [5.41, 5.74) is 0.468. The van der Waals surface area contributed by atoms with Gasteiger partial charge in [0.25, 0.3) is 10.0 Å². The van der Waals surface area contributed by atoms with Crippen molar-refractivity contribution in [3.63, 3.8) is 0 Å². The monoisotopic (exact) mass is 326 g/mol. The van der Waals surface area contributed by atoms with Gasteiger partial charge >= 0.3 is 6.18 Å². The Balaban J connectivity index is 2.13. The van der Waals surface area contributed by atoms with Gasteiger partial charge in [-0.2, -0.15) is 22.6 Å². The molecule has 21 heavy (non-hydrogen) atoms. The molecular weight excluding hydrogens is 309 g/mol. The van der Waals surface area contributed by atoms with Crippen LogP contribution in [0.3, 0.4) is 0 Å². The highest BCUT2D eigenvalue weighted by atomic mass is 32.2. The van der Waals surface area contributed by atoms with Gasteiger partial charge in [0.15, 0.2) is 5.03 Å². The van der Waals surface area contributed by atoms with Crippen molar-refractivity contribution in [2.45, 2.75) is 30.6 Å². The van der Waals surface area contributed by atoms with Crippen molar-refractivity contribution >= 4 is 10.0 Å². The van der Waals surface area contributed by atoms with E-state index in [1.807, 2.05) is 0 Å². The summed E-state index contributed by atoms with van der Waals surface area (Å²) in [6.45, 7) is 0.0408. The maximum Gasteiger partial charge on any atom is 0.391 e. The minimum absolute atomic E-state index is 0.0534. The molecule has 0 amide bonds. The van der Waals surface area contributed by atoms with E-state index in [1.165, 1.54) is 6.20 Å². The first-order valence-corrected chi connectivity index (χ1v) is 7.94. The van der Waals surface area contributed by atoms with Crippen LogP contribution in [0.5, 0.6) is 0 Å². The van der Waals surface area contributed by atoms with Crippen molar-refractivity contribution < 1.29 is 21.6 Å². The second-order valence-electron chi connectivity index (χ2n) is 4.97. The van der Waals surface area contributed by atoms with Crippen LogP contribution in [0.1, 0.15) is 18.4 Å². The van der Waals surface area contributed by atoms with Crippen LogP contribution in [-0.4, -0.2) is 49.2 Å². The molecule has 0 aromatic carbocycles. The van der Waals surface area contributed by atoms with E-state index >= 15 is 0 Å². The second-order valence-corrected chi connectivity index (χ2v) is 6.85. The Kier molecular flexibility index (Phi) is 4.59. The topological polar surface area (TPSA) is 78.1 Å². The van der Waals surface area contributed by atoms with Gasteiger partial charge in [0.05, 0.1) is 12.1 Å². The maximum atomic E-state index is 12.6. The van der Waals surface area contributed by atoms with Crippen molar-refractivity contribution in [3.8, 4) is 0 Å². The Morgan fingerprint density at radius 2 is 2.05 bits per heavy atom. The van der Waals surface area contributed by atoms with Gasteiger partial charge in [-0.1, -0.05) is 0 Å². The van der Waals surface area contributed by atoms with Crippen molar-refractivity contribution in [3.05, 3.63) is 11.8 Å². The van der Waals surface area contributed by atoms with Crippen LogP contribution in [0.15, 0.2) is 11.2 Å². The molecule has 6 nitrogen and oxygen atoms in total. The van der Waals surface area contributed by atoms with E-state index < -0.39 is 22.1 Å². The number of nitrogens with one attached hydrogen (secondary N) is 2. The first-order chi connectivity index (χ1) is 9.76. The fraction of sp³-hybridized carbons (Fsp3) is 0.727. The minimum atomic E-state index is -4.26. The Hall–Kier alpha value is -1.13. The highest BCUT2D eigenvalue weighted by Crippen LogP contribution is 2.35. The summed E-state index contributed by atoms with van der Waals surface area (Å²) in [6, 6.07) is 0. The number of H-pyrrole nitrogens is 1. The van der Waals surface area contributed by atoms with Crippen LogP contribution in [-0.2, 0) is 16.6 Å². The third kappa shape index (κ3) is 3.38. The van der Waals surface area contributed by atoms with Crippen molar-refractivity contribution in [2.24, 2.45) is 5.92 Å². The lowest BCUT2D eigenvalue weighted by atomic mass is 9.98. The number of sulfonamides is 1. The standard InChI is InChI=1S/C11H17F3N4O2S/c1-15-6-8-7-16-17-10(8)21(19,20)18-4-2-9(3-5-18)11(12,13)14/h7,9,15H,2-6H2,1H3,(H,16,17). The van der Waals surface area contributed by atoms with Gasteiger partial charge in [-0.05, 0) is 19.9 Å². The molecule has 2 heterocycles. The number of halogens is 3. The Labute approximate surface area is 120 Å². The zero-order chi connectivity index (χ0) is 15.7. The molecular formula is C11H17F3N4O2S. The largest absolute Gasteiger partial charge is 0.391 e. The summed E-state index contributed by atoms with van der Waals surface area (Å²) in [7, 11) is -2.17. The van der Waals surface area contributed by atoms with Crippen LogP contribution in [0, 0.1) is 5.92 Å². The molecule has 0 unspecified atom stereocenters. The van der Waals surface area contributed by atoms with Gasteiger partial charge < -0.3 is 5.32 Å². The predicted molar refractivity (Wildman–Crippen MR) is 68.9 cm³/mol. The van der Waals surface area contributed by atoms with Crippen LogP contribution in [0.2, 0.25) is 0 Å². The summed E-state index contributed by atoms with van der Waals surface area (Å²) in [4.78, 5) is 0. The molecule has 0 radical (unpaired) electrons. The quantitative estimate of drug-likeness (QED) is 0.868. The third-order valence-electron chi connectivity index (χ3n) is 3.56. The lowest BCUT2D eigenvalue weighted by Crippen LogP contribution is -2.42. The van der Waals surface area contributed by atoms with Gasteiger partial charge in [-0.25, -0.2) is 8.42 Å². The number of rotatable bonds is 4. The molecule has 1 saturated heterocycles.